The number of hydrogen-bond donors (Lipinski definition) is 3. The first-order valence-electron chi connectivity index (χ1n) is 9.78. The minimum Gasteiger partial charge on any atom is -0.483 e. The molecule has 0 aliphatic carbocycles. The number of benzene rings is 3. The Morgan fingerprint density at radius 2 is 1.59 bits per heavy atom. The van der Waals surface area contributed by atoms with Crippen molar-refractivity contribution in [2.75, 3.05) is 11.9 Å². The molecule has 164 valence electrons. The highest BCUT2D eigenvalue weighted by Crippen LogP contribution is 2.25. The third kappa shape index (κ3) is 6.18. The average Bonchev–Trinajstić information content (AvgIpc) is 2.77. The number of aryl methyl sites for hydroxylation is 2. The summed E-state index contributed by atoms with van der Waals surface area (Å²) in [5.74, 6) is -0.701. The van der Waals surface area contributed by atoms with Crippen LogP contribution in [0.1, 0.15) is 31.8 Å². The lowest BCUT2D eigenvalue weighted by Gasteiger charge is -2.11. The van der Waals surface area contributed by atoms with Crippen LogP contribution in [0, 0.1) is 13.8 Å². The van der Waals surface area contributed by atoms with E-state index >= 15 is 0 Å². The number of hydrazine groups is 1. The quantitative estimate of drug-likeness (QED) is 0.447. The lowest BCUT2D eigenvalue weighted by atomic mass is 10.1. The maximum atomic E-state index is 12.4. The molecule has 3 aromatic rings. The predicted octanol–water partition coefficient (Wildman–Crippen LogP) is 4.16. The molecule has 0 unspecified atom stereocenters. The Balaban J connectivity index is 1.48. The van der Waals surface area contributed by atoms with Crippen molar-refractivity contribution in [3.05, 3.63) is 93.5 Å². The fraction of sp³-hybridized carbons (Fsp3) is 0.125. The van der Waals surface area contributed by atoms with Crippen molar-refractivity contribution < 1.29 is 19.1 Å². The van der Waals surface area contributed by atoms with Crippen LogP contribution in [-0.4, -0.2) is 24.3 Å². The molecular formula is C24H22BrN3O4. The van der Waals surface area contributed by atoms with Crippen molar-refractivity contribution in [2.45, 2.75) is 13.8 Å². The van der Waals surface area contributed by atoms with Gasteiger partial charge >= 0.3 is 0 Å². The van der Waals surface area contributed by atoms with Gasteiger partial charge in [-0.05, 0) is 83.4 Å². The van der Waals surface area contributed by atoms with Crippen LogP contribution in [0.3, 0.4) is 0 Å². The Morgan fingerprint density at radius 1 is 0.875 bits per heavy atom. The van der Waals surface area contributed by atoms with Gasteiger partial charge in [0.25, 0.3) is 17.7 Å². The molecule has 7 nitrogen and oxygen atoms in total. The minimum absolute atomic E-state index is 0.229. The zero-order valence-corrected chi connectivity index (χ0v) is 19.2. The average molecular weight is 496 g/mol. The molecule has 0 saturated carbocycles. The van der Waals surface area contributed by atoms with Crippen molar-refractivity contribution in [1.29, 1.82) is 0 Å². The minimum atomic E-state index is -0.507. The molecule has 3 N–H and O–H groups in total. The molecular weight excluding hydrogens is 474 g/mol. The van der Waals surface area contributed by atoms with Crippen LogP contribution in [0.25, 0.3) is 0 Å². The second-order valence-electron chi connectivity index (χ2n) is 7.07. The molecule has 32 heavy (non-hydrogen) atoms. The summed E-state index contributed by atoms with van der Waals surface area (Å²) < 4.78 is 6.18. The van der Waals surface area contributed by atoms with E-state index in [1.807, 2.05) is 38.1 Å². The number of hydrogen-bond acceptors (Lipinski definition) is 4. The third-order valence-corrected chi connectivity index (χ3v) is 5.18. The van der Waals surface area contributed by atoms with Crippen LogP contribution in [0.15, 0.2) is 71.2 Å². The summed E-state index contributed by atoms with van der Waals surface area (Å²) in [6.45, 7) is 3.55. The van der Waals surface area contributed by atoms with Gasteiger partial charge in [-0.1, -0.05) is 24.3 Å². The van der Waals surface area contributed by atoms with E-state index in [0.29, 0.717) is 22.6 Å². The van der Waals surface area contributed by atoms with E-state index in [-0.39, 0.29) is 12.5 Å². The van der Waals surface area contributed by atoms with Crippen molar-refractivity contribution in [3.63, 3.8) is 0 Å². The molecule has 0 aliphatic rings. The SMILES string of the molecule is Cc1ccc(OCC(=O)NNC(=O)c2ccc(NC(=O)c3ccccc3C)cc2)c(Br)c1. The molecule has 0 bridgehead atoms. The van der Waals surface area contributed by atoms with Gasteiger partial charge in [0, 0.05) is 16.8 Å². The van der Waals surface area contributed by atoms with E-state index in [9.17, 15) is 14.4 Å². The molecule has 3 rings (SSSR count). The van der Waals surface area contributed by atoms with Gasteiger partial charge in [-0.25, -0.2) is 0 Å². The molecule has 0 aromatic heterocycles. The van der Waals surface area contributed by atoms with Gasteiger partial charge in [-0.15, -0.1) is 0 Å². The van der Waals surface area contributed by atoms with Crippen molar-refractivity contribution in [2.24, 2.45) is 0 Å². The molecule has 0 atom stereocenters. The lowest BCUT2D eigenvalue weighted by molar-refractivity contribution is -0.123. The zero-order chi connectivity index (χ0) is 23.1. The van der Waals surface area contributed by atoms with Gasteiger partial charge in [0.15, 0.2) is 6.61 Å². The molecule has 0 fully saturated rings. The summed E-state index contributed by atoms with van der Waals surface area (Å²) >= 11 is 3.37. The Bertz CT molecular complexity index is 1150. The Morgan fingerprint density at radius 3 is 2.28 bits per heavy atom. The number of nitrogens with one attached hydrogen (secondary N) is 3. The van der Waals surface area contributed by atoms with Crippen LogP contribution >= 0.6 is 15.9 Å². The number of carbonyl (C=O) groups excluding carboxylic acids is 3. The molecule has 0 heterocycles. The predicted molar refractivity (Wildman–Crippen MR) is 126 cm³/mol. The molecule has 8 heteroatoms. The van der Waals surface area contributed by atoms with E-state index in [1.165, 1.54) is 0 Å². The molecule has 0 saturated heterocycles. The number of anilines is 1. The molecule has 0 aliphatic heterocycles. The van der Waals surface area contributed by atoms with Gasteiger partial charge < -0.3 is 10.1 Å². The Kier molecular flexibility index (Phi) is 7.62. The second kappa shape index (κ2) is 10.6. The van der Waals surface area contributed by atoms with Crippen LogP contribution < -0.4 is 20.9 Å². The number of carbonyl (C=O) groups is 3. The van der Waals surface area contributed by atoms with Crippen LogP contribution in [0.4, 0.5) is 5.69 Å². The van der Waals surface area contributed by atoms with Gasteiger partial charge in [0.1, 0.15) is 5.75 Å². The summed E-state index contributed by atoms with van der Waals surface area (Å²) in [4.78, 5) is 36.6. The van der Waals surface area contributed by atoms with Gasteiger partial charge in [-0.3, -0.25) is 25.2 Å². The number of rotatable bonds is 6. The third-order valence-electron chi connectivity index (χ3n) is 4.56. The molecule has 0 spiro atoms. The van der Waals surface area contributed by atoms with Gasteiger partial charge in [-0.2, -0.15) is 0 Å². The molecule has 0 radical (unpaired) electrons. The van der Waals surface area contributed by atoms with Crippen LogP contribution in [0.2, 0.25) is 0 Å². The Hall–Kier alpha value is -3.65. The first-order chi connectivity index (χ1) is 15.3. The first kappa shape index (κ1) is 23.0. The summed E-state index contributed by atoms with van der Waals surface area (Å²) in [6, 6.07) is 19.1. The number of ether oxygens (including phenoxy) is 1. The maximum absolute atomic E-state index is 12.4. The fourth-order valence-electron chi connectivity index (χ4n) is 2.83. The van der Waals surface area contributed by atoms with Crippen molar-refractivity contribution in [1.82, 2.24) is 10.9 Å². The summed E-state index contributed by atoms with van der Waals surface area (Å²) in [7, 11) is 0. The monoisotopic (exact) mass is 495 g/mol. The highest BCUT2D eigenvalue weighted by molar-refractivity contribution is 9.10. The lowest BCUT2D eigenvalue weighted by Crippen LogP contribution is -2.43. The number of halogens is 1. The van der Waals surface area contributed by atoms with E-state index in [0.717, 1.165) is 15.6 Å². The van der Waals surface area contributed by atoms with Crippen molar-refractivity contribution >= 4 is 39.3 Å². The first-order valence-corrected chi connectivity index (χ1v) is 10.6. The van der Waals surface area contributed by atoms with E-state index < -0.39 is 11.8 Å². The van der Waals surface area contributed by atoms with E-state index in [2.05, 4.69) is 32.1 Å². The Labute approximate surface area is 194 Å². The van der Waals surface area contributed by atoms with Crippen molar-refractivity contribution in [3.8, 4) is 5.75 Å². The summed E-state index contributed by atoms with van der Waals surface area (Å²) in [6.07, 6.45) is 0. The summed E-state index contributed by atoms with van der Waals surface area (Å²) in [5, 5.41) is 2.79. The van der Waals surface area contributed by atoms with Gasteiger partial charge in [0.2, 0.25) is 0 Å². The van der Waals surface area contributed by atoms with Crippen LogP contribution in [0.5, 0.6) is 5.75 Å². The smallest absolute Gasteiger partial charge is 0.276 e. The fourth-order valence-corrected chi connectivity index (χ4v) is 3.44. The topological polar surface area (TPSA) is 96.5 Å². The van der Waals surface area contributed by atoms with Crippen LogP contribution in [-0.2, 0) is 4.79 Å². The second-order valence-corrected chi connectivity index (χ2v) is 7.93. The normalized spacial score (nSPS) is 10.2. The number of amides is 3. The highest BCUT2D eigenvalue weighted by Gasteiger charge is 2.11. The zero-order valence-electron chi connectivity index (χ0n) is 17.6. The maximum Gasteiger partial charge on any atom is 0.276 e. The van der Waals surface area contributed by atoms with E-state index in [1.54, 1.807) is 42.5 Å². The van der Waals surface area contributed by atoms with Gasteiger partial charge in [0.05, 0.1) is 4.47 Å². The van der Waals surface area contributed by atoms with E-state index in [4.69, 9.17) is 4.74 Å². The highest BCUT2D eigenvalue weighted by atomic mass is 79.9. The standard InChI is InChI=1S/C24H22BrN3O4/c1-15-7-12-21(20(25)13-15)32-14-22(29)27-28-23(30)17-8-10-18(11-9-17)26-24(31)19-6-4-3-5-16(19)2/h3-13H,14H2,1-2H3,(H,26,31)(H,27,29)(H,28,30). The largest absolute Gasteiger partial charge is 0.483 e. The summed E-state index contributed by atoms with van der Waals surface area (Å²) in [5.41, 5.74) is 8.02. The molecule has 3 amide bonds. The molecule has 3 aromatic carbocycles.